The molecule has 0 aromatic carbocycles. The average Bonchev–Trinajstić information content (AvgIpc) is 3.31. The number of aryl methyl sites for hydroxylation is 1. The number of hydrogen-bond acceptors (Lipinski definition) is 6. The number of morpholine rings is 1. The smallest absolute Gasteiger partial charge is 0.236 e. The van der Waals surface area contributed by atoms with E-state index in [1.165, 1.54) is 0 Å². The lowest BCUT2D eigenvalue weighted by Gasteiger charge is -2.30. The van der Waals surface area contributed by atoms with Gasteiger partial charge in [-0.2, -0.15) is 0 Å². The van der Waals surface area contributed by atoms with Crippen LogP contribution in [0.3, 0.4) is 0 Å². The predicted molar refractivity (Wildman–Crippen MR) is 94.8 cm³/mol. The molecule has 0 bridgehead atoms. The molecule has 2 aliphatic heterocycles. The Morgan fingerprint density at radius 2 is 2.12 bits per heavy atom. The lowest BCUT2D eigenvalue weighted by molar-refractivity contribution is -0.136. The Bertz CT molecular complexity index is 771. The van der Waals surface area contributed by atoms with E-state index in [0.717, 1.165) is 36.7 Å². The van der Waals surface area contributed by atoms with Crippen LogP contribution in [-0.2, 0) is 9.53 Å². The molecular formula is C18H24N6O2. The van der Waals surface area contributed by atoms with Crippen molar-refractivity contribution in [1.29, 1.82) is 0 Å². The fourth-order valence-electron chi connectivity index (χ4n) is 3.70. The van der Waals surface area contributed by atoms with Crippen LogP contribution in [0.1, 0.15) is 30.4 Å². The summed E-state index contributed by atoms with van der Waals surface area (Å²) >= 11 is 0. The van der Waals surface area contributed by atoms with E-state index >= 15 is 0 Å². The molecule has 8 heteroatoms. The first kappa shape index (κ1) is 17.1. The number of carbonyl (C=O) groups excluding carboxylic acids is 1. The van der Waals surface area contributed by atoms with Gasteiger partial charge in [0.25, 0.3) is 0 Å². The third-order valence-corrected chi connectivity index (χ3v) is 5.12. The van der Waals surface area contributed by atoms with Gasteiger partial charge in [-0.3, -0.25) is 19.2 Å². The van der Waals surface area contributed by atoms with E-state index in [9.17, 15) is 4.79 Å². The van der Waals surface area contributed by atoms with E-state index in [2.05, 4.69) is 14.9 Å². The predicted octanol–water partition coefficient (Wildman–Crippen LogP) is 0.966. The van der Waals surface area contributed by atoms with Crippen molar-refractivity contribution in [2.45, 2.75) is 25.8 Å². The summed E-state index contributed by atoms with van der Waals surface area (Å²) in [5.41, 5.74) is 0.919. The largest absolute Gasteiger partial charge is 0.378 e. The van der Waals surface area contributed by atoms with E-state index in [0.29, 0.717) is 32.8 Å². The van der Waals surface area contributed by atoms with E-state index in [-0.39, 0.29) is 11.9 Å². The second kappa shape index (κ2) is 7.51. The molecule has 1 amide bonds. The standard InChI is InChI=1S/C18H24N6O2/c1-14-20-4-6-24(14)17-12-19-11-15(21-17)16-3-2-5-23(16)13-18(25)22-7-9-26-10-8-22/h4,6,11-12,16H,2-3,5,7-10,13H2,1H3/t16-/m0/s1. The molecule has 0 unspecified atom stereocenters. The van der Waals surface area contributed by atoms with E-state index in [1.807, 2.05) is 28.8 Å². The molecular weight excluding hydrogens is 332 g/mol. The molecule has 2 fully saturated rings. The van der Waals surface area contributed by atoms with Crippen LogP contribution >= 0.6 is 0 Å². The van der Waals surface area contributed by atoms with Crippen LogP contribution in [-0.4, -0.2) is 74.6 Å². The summed E-state index contributed by atoms with van der Waals surface area (Å²) < 4.78 is 7.26. The van der Waals surface area contributed by atoms with Gasteiger partial charge < -0.3 is 9.64 Å². The molecule has 8 nitrogen and oxygen atoms in total. The molecule has 2 aliphatic rings. The number of hydrogen-bond donors (Lipinski definition) is 0. The second-order valence-corrected chi connectivity index (χ2v) is 6.77. The minimum atomic E-state index is 0.135. The van der Waals surface area contributed by atoms with E-state index < -0.39 is 0 Å². The Balaban J connectivity index is 1.49. The highest BCUT2D eigenvalue weighted by molar-refractivity contribution is 5.78. The van der Waals surface area contributed by atoms with Crippen LogP contribution in [0, 0.1) is 6.92 Å². The van der Waals surface area contributed by atoms with Gasteiger partial charge in [-0.05, 0) is 26.3 Å². The van der Waals surface area contributed by atoms with Gasteiger partial charge in [0, 0.05) is 25.5 Å². The average molecular weight is 356 g/mol. The molecule has 2 saturated heterocycles. The fourth-order valence-corrected chi connectivity index (χ4v) is 3.70. The Morgan fingerprint density at radius 3 is 2.88 bits per heavy atom. The molecule has 26 heavy (non-hydrogen) atoms. The lowest BCUT2D eigenvalue weighted by atomic mass is 10.1. The third kappa shape index (κ3) is 3.47. The molecule has 0 spiro atoms. The van der Waals surface area contributed by atoms with Crippen molar-refractivity contribution in [2.24, 2.45) is 0 Å². The van der Waals surface area contributed by atoms with Crippen LogP contribution < -0.4 is 0 Å². The van der Waals surface area contributed by atoms with Crippen LogP contribution in [0.4, 0.5) is 0 Å². The maximum Gasteiger partial charge on any atom is 0.236 e. The normalized spacial score (nSPS) is 21.3. The van der Waals surface area contributed by atoms with Gasteiger partial charge >= 0.3 is 0 Å². The molecule has 0 N–H and O–H groups in total. The number of aromatic nitrogens is 4. The van der Waals surface area contributed by atoms with Crippen molar-refractivity contribution in [3.63, 3.8) is 0 Å². The summed E-state index contributed by atoms with van der Waals surface area (Å²) in [7, 11) is 0. The molecule has 4 heterocycles. The van der Waals surface area contributed by atoms with Gasteiger partial charge in [-0.1, -0.05) is 0 Å². The van der Waals surface area contributed by atoms with Crippen molar-refractivity contribution < 1.29 is 9.53 Å². The minimum absolute atomic E-state index is 0.135. The van der Waals surface area contributed by atoms with Crippen molar-refractivity contribution in [1.82, 2.24) is 29.3 Å². The Morgan fingerprint density at radius 1 is 1.27 bits per heavy atom. The van der Waals surface area contributed by atoms with Crippen LogP contribution in [0.5, 0.6) is 0 Å². The topological polar surface area (TPSA) is 76.4 Å². The van der Waals surface area contributed by atoms with Gasteiger partial charge in [-0.25, -0.2) is 9.97 Å². The number of amides is 1. The van der Waals surface area contributed by atoms with Crippen molar-refractivity contribution in [3.05, 3.63) is 36.3 Å². The summed E-state index contributed by atoms with van der Waals surface area (Å²) in [6.07, 6.45) is 9.27. The quantitative estimate of drug-likeness (QED) is 0.812. The van der Waals surface area contributed by atoms with Crippen LogP contribution in [0.25, 0.3) is 5.82 Å². The third-order valence-electron chi connectivity index (χ3n) is 5.12. The molecule has 2 aromatic rings. The lowest BCUT2D eigenvalue weighted by Crippen LogP contribution is -2.45. The van der Waals surface area contributed by atoms with E-state index in [1.54, 1.807) is 12.4 Å². The first-order valence-corrected chi connectivity index (χ1v) is 9.14. The first-order valence-electron chi connectivity index (χ1n) is 9.14. The van der Waals surface area contributed by atoms with Crippen molar-refractivity contribution in [2.75, 3.05) is 39.4 Å². The van der Waals surface area contributed by atoms with Crippen LogP contribution in [0.15, 0.2) is 24.8 Å². The number of likely N-dealkylation sites (tertiary alicyclic amines) is 1. The summed E-state index contributed by atoms with van der Waals surface area (Å²) in [5.74, 6) is 1.82. The molecule has 2 aromatic heterocycles. The number of ether oxygens (including phenoxy) is 1. The number of imidazole rings is 1. The van der Waals surface area contributed by atoms with Gasteiger partial charge in [0.15, 0.2) is 5.82 Å². The summed E-state index contributed by atoms with van der Waals surface area (Å²) in [6, 6.07) is 0.135. The zero-order chi connectivity index (χ0) is 17.9. The van der Waals surface area contributed by atoms with Crippen molar-refractivity contribution >= 4 is 5.91 Å². The van der Waals surface area contributed by atoms with Crippen LogP contribution in [0.2, 0.25) is 0 Å². The summed E-state index contributed by atoms with van der Waals surface area (Å²) in [4.78, 5) is 30.2. The Labute approximate surface area is 152 Å². The highest BCUT2D eigenvalue weighted by atomic mass is 16.5. The maximum atomic E-state index is 12.6. The molecule has 0 aliphatic carbocycles. The molecule has 0 radical (unpaired) electrons. The Kier molecular flexibility index (Phi) is 4.94. The Hall–Kier alpha value is -2.32. The SMILES string of the molecule is Cc1nccn1-c1cncc([C@@H]2CCCN2CC(=O)N2CCOCC2)n1. The zero-order valence-electron chi connectivity index (χ0n) is 15.0. The monoisotopic (exact) mass is 356 g/mol. The highest BCUT2D eigenvalue weighted by Gasteiger charge is 2.30. The second-order valence-electron chi connectivity index (χ2n) is 6.77. The fraction of sp³-hybridized carbons (Fsp3) is 0.556. The van der Waals surface area contributed by atoms with Gasteiger partial charge in [-0.15, -0.1) is 0 Å². The molecule has 4 rings (SSSR count). The zero-order valence-corrected chi connectivity index (χ0v) is 15.0. The molecule has 0 saturated carbocycles. The number of carbonyl (C=O) groups is 1. The van der Waals surface area contributed by atoms with Gasteiger partial charge in [0.1, 0.15) is 5.82 Å². The van der Waals surface area contributed by atoms with Gasteiger partial charge in [0.05, 0.1) is 43.9 Å². The molecule has 1 atom stereocenters. The maximum absolute atomic E-state index is 12.6. The molecule has 138 valence electrons. The number of nitrogens with zero attached hydrogens (tertiary/aromatic N) is 6. The van der Waals surface area contributed by atoms with Gasteiger partial charge in [0.2, 0.25) is 5.91 Å². The van der Waals surface area contributed by atoms with Crippen molar-refractivity contribution in [3.8, 4) is 5.82 Å². The minimum Gasteiger partial charge on any atom is -0.378 e. The number of rotatable bonds is 4. The summed E-state index contributed by atoms with van der Waals surface area (Å²) in [5, 5.41) is 0. The first-order chi connectivity index (χ1) is 12.7. The highest BCUT2D eigenvalue weighted by Crippen LogP contribution is 2.30. The summed E-state index contributed by atoms with van der Waals surface area (Å²) in [6.45, 7) is 5.92. The van der Waals surface area contributed by atoms with E-state index in [4.69, 9.17) is 9.72 Å².